The second-order valence-electron chi connectivity index (χ2n) is 16.2. The molecule has 6 heteroatoms. The fraction of sp³-hybridized carbons (Fsp3) is 0.935. The molecule has 0 spiro atoms. The number of carbonyl (C=O) groups is 3. The first-order chi connectivity index (χ1) is 25.4. The maximum Gasteiger partial charge on any atom is 0.306 e. The summed E-state index contributed by atoms with van der Waals surface area (Å²) in [5, 5.41) is 0. The van der Waals surface area contributed by atoms with Crippen molar-refractivity contribution in [3.05, 3.63) is 0 Å². The maximum absolute atomic E-state index is 12.7. The molecule has 308 valence electrons. The van der Waals surface area contributed by atoms with Crippen molar-refractivity contribution in [1.29, 1.82) is 0 Å². The van der Waals surface area contributed by atoms with E-state index in [4.69, 9.17) is 14.2 Å². The average molecular weight is 737 g/mol. The average Bonchev–Trinajstić information content (AvgIpc) is 3.12. The number of carbonyl (C=O) groups excluding carboxylic acids is 3. The highest BCUT2D eigenvalue weighted by Crippen LogP contribution is 2.16. The van der Waals surface area contributed by atoms with E-state index in [1.54, 1.807) is 0 Å². The van der Waals surface area contributed by atoms with E-state index in [0.29, 0.717) is 19.3 Å². The van der Waals surface area contributed by atoms with Gasteiger partial charge in [0.05, 0.1) is 0 Å². The normalized spacial score (nSPS) is 11.9. The molecule has 0 aromatic carbocycles. The van der Waals surface area contributed by atoms with Crippen molar-refractivity contribution in [2.45, 2.75) is 259 Å². The lowest BCUT2D eigenvalue weighted by Gasteiger charge is -2.18. The molecule has 0 radical (unpaired) electrons. The monoisotopic (exact) mass is 737 g/mol. The molecule has 0 bridgehead atoms. The SMILES string of the molecule is CCCCCCCCCCCCC(=O)OC[C@H](COC(=O)CCCCCCC)OC(=O)CCCCCCCCCCCCCCCCCCC(C)C. The predicted octanol–water partition coefficient (Wildman–Crippen LogP) is 14.3. The first-order valence-corrected chi connectivity index (χ1v) is 22.9. The molecular formula is C46H88O6. The van der Waals surface area contributed by atoms with Crippen LogP contribution in [0.25, 0.3) is 0 Å². The number of esters is 3. The van der Waals surface area contributed by atoms with Crippen molar-refractivity contribution in [3.8, 4) is 0 Å². The van der Waals surface area contributed by atoms with Gasteiger partial charge in [-0.15, -0.1) is 0 Å². The van der Waals surface area contributed by atoms with Crippen LogP contribution in [0.1, 0.15) is 252 Å². The highest BCUT2D eigenvalue weighted by molar-refractivity contribution is 5.71. The molecule has 0 fully saturated rings. The van der Waals surface area contributed by atoms with Gasteiger partial charge in [-0.2, -0.15) is 0 Å². The van der Waals surface area contributed by atoms with Gasteiger partial charge in [0.15, 0.2) is 6.10 Å². The lowest BCUT2D eigenvalue weighted by atomic mass is 10.0. The van der Waals surface area contributed by atoms with E-state index >= 15 is 0 Å². The molecule has 0 saturated carbocycles. The van der Waals surface area contributed by atoms with E-state index in [1.165, 1.54) is 141 Å². The van der Waals surface area contributed by atoms with Crippen LogP contribution in [0.5, 0.6) is 0 Å². The molecular weight excluding hydrogens is 648 g/mol. The second kappa shape index (κ2) is 40.6. The van der Waals surface area contributed by atoms with Crippen molar-refractivity contribution in [2.24, 2.45) is 5.92 Å². The molecule has 0 unspecified atom stereocenters. The van der Waals surface area contributed by atoms with Crippen LogP contribution in [0.15, 0.2) is 0 Å². The molecule has 0 heterocycles. The third kappa shape index (κ3) is 39.6. The van der Waals surface area contributed by atoms with E-state index in [9.17, 15) is 14.4 Å². The Kier molecular flexibility index (Phi) is 39.4. The third-order valence-corrected chi connectivity index (χ3v) is 10.3. The molecule has 1 atom stereocenters. The summed E-state index contributed by atoms with van der Waals surface area (Å²) in [6, 6.07) is 0. The first-order valence-electron chi connectivity index (χ1n) is 22.9. The van der Waals surface area contributed by atoms with Gasteiger partial charge in [0.1, 0.15) is 13.2 Å². The first kappa shape index (κ1) is 50.4. The maximum atomic E-state index is 12.7. The molecule has 0 aromatic heterocycles. The van der Waals surface area contributed by atoms with Crippen molar-refractivity contribution >= 4 is 17.9 Å². The van der Waals surface area contributed by atoms with Crippen molar-refractivity contribution < 1.29 is 28.6 Å². The minimum absolute atomic E-state index is 0.0648. The minimum atomic E-state index is -0.757. The third-order valence-electron chi connectivity index (χ3n) is 10.3. The number of ether oxygens (including phenoxy) is 3. The molecule has 0 aliphatic carbocycles. The predicted molar refractivity (Wildman–Crippen MR) is 220 cm³/mol. The topological polar surface area (TPSA) is 78.9 Å². The highest BCUT2D eigenvalue weighted by Gasteiger charge is 2.19. The van der Waals surface area contributed by atoms with Crippen LogP contribution in [0.2, 0.25) is 0 Å². The zero-order valence-corrected chi connectivity index (χ0v) is 35.3. The van der Waals surface area contributed by atoms with Crippen LogP contribution >= 0.6 is 0 Å². The molecule has 0 amide bonds. The van der Waals surface area contributed by atoms with Crippen LogP contribution in [0.4, 0.5) is 0 Å². The van der Waals surface area contributed by atoms with E-state index in [-0.39, 0.29) is 31.1 Å². The van der Waals surface area contributed by atoms with E-state index in [0.717, 1.165) is 70.1 Å². The van der Waals surface area contributed by atoms with Crippen LogP contribution in [0, 0.1) is 5.92 Å². The summed E-state index contributed by atoms with van der Waals surface area (Å²) in [4.78, 5) is 37.4. The summed E-state index contributed by atoms with van der Waals surface area (Å²) in [5.74, 6) is -0.0172. The molecule has 0 saturated heterocycles. The molecule has 0 aliphatic heterocycles. The summed E-state index contributed by atoms with van der Waals surface area (Å²) in [6.07, 6.45) is 39.8. The van der Waals surface area contributed by atoms with Crippen LogP contribution in [0.3, 0.4) is 0 Å². The Labute approximate surface area is 323 Å². The molecule has 0 N–H and O–H groups in total. The Morgan fingerprint density at radius 3 is 0.942 bits per heavy atom. The summed E-state index contributed by atoms with van der Waals surface area (Å²) < 4.78 is 16.6. The van der Waals surface area contributed by atoms with Gasteiger partial charge in [0.2, 0.25) is 0 Å². The van der Waals surface area contributed by atoms with E-state index in [1.807, 2.05) is 0 Å². The van der Waals surface area contributed by atoms with Crippen LogP contribution in [-0.4, -0.2) is 37.2 Å². The smallest absolute Gasteiger partial charge is 0.306 e. The second-order valence-corrected chi connectivity index (χ2v) is 16.2. The fourth-order valence-corrected chi connectivity index (χ4v) is 6.80. The number of unbranched alkanes of at least 4 members (excludes halogenated alkanes) is 28. The van der Waals surface area contributed by atoms with Gasteiger partial charge in [0.25, 0.3) is 0 Å². The number of hydrogen-bond donors (Lipinski definition) is 0. The summed E-state index contributed by atoms with van der Waals surface area (Å²) >= 11 is 0. The zero-order chi connectivity index (χ0) is 38.2. The van der Waals surface area contributed by atoms with Crippen LogP contribution in [-0.2, 0) is 28.6 Å². The summed E-state index contributed by atoms with van der Waals surface area (Å²) in [7, 11) is 0. The number of hydrogen-bond acceptors (Lipinski definition) is 6. The Morgan fingerprint density at radius 1 is 0.365 bits per heavy atom. The van der Waals surface area contributed by atoms with Gasteiger partial charge >= 0.3 is 17.9 Å². The number of rotatable bonds is 41. The van der Waals surface area contributed by atoms with Gasteiger partial charge < -0.3 is 14.2 Å². The van der Waals surface area contributed by atoms with Gasteiger partial charge in [-0.05, 0) is 25.2 Å². The highest BCUT2D eigenvalue weighted by atomic mass is 16.6. The minimum Gasteiger partial charge on any atom is -0.462 e. The Balaban J connectivity index is 4.11. The van der Waals surface area contributed by atoms with Gasteiger partial charge in [0, 0.05) is 19.3 Å². The summed E-state index contributed by atoms with van der Waals surface area (Å²) in [5.41, 5.74) is 0. The summed E-state index contributed by atoms with van der Waals surface area (Å²) in [6.45, 7) is 8.92. The largest absolute Gasteiger partial charge is 0.462 e. The molecule has 52 heavy (non-hydrogen) atoms. The quantitative estimate of drug-likeness (QED) is 0.0353. The molecule has 0 rings (SSSR count). The molecule has 0 aliphatic rings. The lowest BCUT2D eigenvalue weighted by Crippen LogP contribution is -2.30. The Hall–Kier alpha value is -1.59. The Morgan fingerprint density at radius 2 is 0.635 bits per heavy atom. The molecule has 0 aromatic rings. The van der Waals surface area contributed by atoms with Crippen molar-refractivity contribution in [2.75, 3.05) is 13.2 Å². The lowest BCUT2D eigenvalue weighted by molar-refractivity contribution is -0.167. The molecule has 6 nitrogen and oxygen atoms in total. The Bertz CT molecular complexity index is 781. The standard InChI is InChI=1S/C46H88O6/c1-5-7-9-11-12-13-23-26-30-34-38-45(48)51-41-43(40-50-44(47)37-33-28-10-8-6-2)52-46(49)39-35-31-27-24-21-19-17-15-14-16-18-20-22-25-29-32-36-42(3)4/h42-43H,5-41H2,1-4H3/t43-/m0/s1. The van der Waals surface area contributed by atoms with Crippen LogP contribution < -0.4 is 0 Å². The van der Waals surface area contributed by atoms with Crippen molar-refractivity contribution in [1.82, 2.24) is 0 Å². The van der Waals surface area contributed by atoms with Gasteiger partial charge in [-0.25, -0.2) is 0 Å². The van der Waals surface area contributed by atoms with E-state index < -0.39 is 6.10 Å². The van der Waals surface area contributed by atoms with E-state index in [2.05, 4.69) is 27.7 Å². The van der Waals surface area contributed by atoms with Gasteiger partial charge in [-0.3, -0.25) is 14.4 Å². The zero-order valence-electron chi connectivity index (χ0n) is 35.3. The van der Waals surface area contributed by atoms with Crippen molar-refractivity contribution in [3.63, 3.8) is 0 Å². The fourth-order valence-electron chi connectivity index (χ4n) is 6.80. The van der Waals surface area contributed by atoms with Gasteiger partial charge in [-0.1, -0.05) is 214 Å².